The van der Waals surface area contributed by atoms with E-state index in [0.29, 0.717) is 24.6 Å². The minimum Gasteiger partial charge on any atom is -0.381 e. The van der Waals surface area contributed by atoms with Gasteiger partial charge in [-0.3, -0.25) is 0 Å². The maximum absolute atomic E-state index is 5.78. The van der Waals surface area contributed by atoms with Gasteiger partial charge >= 0.3 is 0 Å². The van der Waals surface area contributed by atoms with E-state index in [9.17, 15) is 0 Å². The maximum Gasteiger partial charge on any atom is 0.243 e. The molecule has 0 radical (unpaired) electrons. The number of hydrogen-bond donors (Lipinski definition) is 1. The third-order valence-electron chi connectivity index (χ3n) is 2.09. The van der Waals surface area contributed by atoms with Gasteiger partial charge in [0.1, 0.15) is 0 Å². The minimum atomic E-state index is -0.262. The molecule has 2 N–H and O–H groups in total. The molecule has 0 aliphatic heterocycles. The zero-order valence-electron chi connectivity index (χ0n) is 9.14. The van der Waals surface area contributed by atoms with Gasteiger partial charge in [0.15, 0.2) is 5.82 Å². The summed E-state index contributed by atoms with van der Waals surface area (Å²) in [6, 6.07) is -0.262. The Bertz CT molecular complexity index is 311. The summed E-state index contributed by atoms with van der Waals surface area (Å²) in [6.45, 7) is 5.55. The van der Waals surface area contributed by atoms with Crippen LogP contribution in [0.15, 0.2) is 17.2 Å². The third-order valence-corrected chi connectivity index (χ3v) is 2.09. The van der Waals surface area contributed by atoms with Crippen LogP contribution in [-0.2, 0) is 11.2 Å². The SMILES string of the molecule is C=CCC(N)c1nc(CC(C)OC)no1. The van der Waals surface area contributed by atoms with E-state index in [0.717, 1.165) is 0 Å². The molecule has 0 aromatic carbocycles. The monoisotopic (exact) mass is 211 g/mol. The molecule has 5 heteroatoms. The van der Waals surface area contributed by atoms with Gasteiger partial charge in [-0.1, -0.05) is 11.2 Å². The molecule has 2 unspecified atom stereocenters. The van der Waals surface area contributed by atoms with E-state index >= 15 is 0 Å². The molecule has 0 saturated heterocycles. The van der Waals surface area contributed by atoms with Crippen LogP contribution in [0.1, 0.15) is 31.1 Å². The molecular formula is C10H17N3O2. The van der Waals surface area contributed by atoms with E-state index < -0.39 is 0 Å². The molecule has 0 bridgehead atoms. The van der Waals surface area contributed by atoms with Crippen LogP contribution in [0.4, 0.5) is 0 Å². The Kier molecular flexibility index (Phi) is 4.45. The molecule has 0 fully saturated rings. The highest BCUT2D eigenvalue weighted by Crippen LogP contribution is 2.12. The zero-order chi connectivity index (χ0) is 11.3. The Morgan fingerprint density at radius 2 is 2.40 bits per heavy atom. The van der Waals surface area contributed by atoms with E-state index in [-0.39, 0.29) is 12.1 Å². The molecule has 15 heavy (non-hydrogen) atoms. The summed E-state index contributed by atoms with van der Waals surface area (Å²) in [7, 11) is 1.65. The molecule has 0 aliphatic rings. The normalized spacial score (nSPS) is 14.9. The number of nitrogens with two attached hydrogens (primary N) is 1. The van der Waals surface area contributed by atoms with Crippen LogP contribution in [0.5, 0.6) is 0 Å². The lowest BCUT2D eigenvalue weighted by Gasteiger charge is -2.04. The van der Waals surface area contributed by atoms with Crippen molar-refractivity contribution in [2.45, 2.75) is 31.9 Å². The number of aromatic nitrogens is 2. The van der Waals surface area contributed by atoms with Crippen LogP contribution in [0, 0.1) is 0 Å². The highest BCUT2D eigenvalue weighted by molar-refractivity contribution is 4.95. The van der Waals surface area contributed by atoms with Crippen molar-refractivity contribution in [2.24, 2.45) is 5.73 Å². The summed E-state index contributed by atoms with van der Waals surface area (Å²) in [6.07, 6.45) is 3.06. The van der Waals surface area contributed by atoms with Gasteiger partial charge in [-0.2, -0.15) is 4.98 Å². The average Bonchev–Trinajstić information content (AvgIpc) is 2.66. The van der Waals surface area contributed by atoms with Crippen LogP contribution >= 0.6 is 0 Å². The van der Waals surface area contributed by atoms with Crippen molar-refractivity contribution in [1.29, 1.82) is 0 Å². The first kappa shape index (κ1) is 11.9. The number of ether oxygens (including phenoxy) is 1. The summed E-state index contributed by atoms with van der Waals surface area (Å²) in [5.41, 5.74) is 5.78. The van der Waals surface area contributed by atoms with Gasteiger partial charge in [0, 0.05) is 13.5 Å². The fourth-order valence-electron chi connectivity index (χ4n) is 1.12. The largest absolute Gasteiger partial charge is 0.381 e. The second-order valence-corrected chi connectivity index (χ2v) is 3.43. The maximum atomic E-state index is 5.78. The number of rotatable bonds is 6. The van der Waals surface area contributed by atoms with Crippen LogP contribution in [-0.4, -0.2) is 23.4 Å². The van der Waals surface area contributed by atoms with Gasteiger partial charge in [-0.25, -0.2) is 0 Å². The predicted molar refractivity (Wildman–Crippen MR) is 56.2 cm³/mol. The molecule has 1 aromatic heterocycles. The molecule has 0 spiro atoms. The van der Waals surface area contributed by atoms with Gasteiger partial charge < -0.3 is 15.0 Å². The molecule has 1 heterocycles. The van der Waals surface area contributed by atoms with E-state index in [2.05, 4.69) is 16.7 Å². The number of methoxy groups -OCH3 is 1. The highest BCUT2D eigenvalue weighted by atomic mass is 16.5. The molecule has 2 atom stereocenters. The highest BCUT2D eigenvalue weighted by Gasteiger charge is 2.14. The third kappa shape index (κ3) is 3.45. The minimum absolute atomic E-state index is 0.0751. The predicted octanol–water partition coefficient (Wildman–Crippen LogP) is 1.22. The fourth-order valence-corrected chi connectivity index (χ4v) is 1.12. The van der Waals surface area contributed by atoms with Crippen molar-refractivity contribution in [2.75, 3.05) is 7.11 Å². The van der Waals surface area contributed by atoms with Crippen molar-refractivity contribution in [3.05, 3.63) is 24.4 Å². The molecular weight excluding hydrogens is 194 g/mol. The summed E-state index contributed by atoms with van der Waals surface area (Å²) in [5, 5.41) is 3.83. The fraction of sp³-hybridized carbons (Fsp3) is 0.600. The van der Waals surface area contributed by atoms with E-state index in [4.69, 9.17) is 15.0 Å². The van der Waals surface area contributed by atoms with Crippen molar-refractivity contribution >= 4 is 0 Å². The van der Waals surface area contributed by atoms with Crippen LogP contribution in [0.2, 0.25) is 0 Å². The second-order valence-electron chi connectivity index (χ2n) is 3.43. The number of nitrogens with zero attached hydrogens (tertiary/aromatic N) is 2. The van der Waals surface area contributed by atoms with Gasteiger partial charge in [-0.05, 0) is 13.3 Å². The van der Waals surface area contributed by atoms with Crippen molar-refractivity contribution in [1.82, 2.24) is 10.1 Å². The van der Waals surface area contributed by atoms with Gasteiger partial charge in [0.25, 0.3) is 0 Å². The first-order valence-corrected chi connectivity index (χ1v) is 4.89. The second kappa shape index (κ2) is 5.63. The Morgan fingerprint density at radius 3 is 3.00 bits per heavy atom. The summed E-state index contributed by atoms with van der Waals surface area (Å²) < 4.78 is 10.1. The first-order chi connectivity index (χ1) is 7.17. The molecule has 1 rings (SSSR count). The van der Waals surface area contributed by atoms with E-state index in [1.165, 1.54) is 0 Å². The first-order valence-electron chi connectivity index (χ1n) is 4.89. The van der Waals surface area contributed by atoms with E-state index in [1.54, 1.807) is 13.2 Å². The molecule has 84 valence electrons. The lowest BCUT2D eigenvalue weighted by Crippen LogP contribution is -2.11. The van der Waals surface area contributed by atoms with Crippen molar-refractivity contribution in [3.8, 4) is 0 Å². The lowest BCUT2D eigenvalue weighted by atomic mass is 10.2. The molecule has 5 nitrogen and oxygen atoms in total. The Labute approximate surface area is 89.3 Å². The summed E-state index contributed by atoms with van der Waals surface area (Å²) in [5.74, 6) is 1.08. The van der Waals surface area contributed by atoms with Gasteiger partial charge in [0.2, 0.25) is 5.89 Å². The molecule has 0 amide bonds. The molecule has 0 saturated carbocycles. The van der Waals surface area contributed by atoms with Crippen LogP contribution in [0.3, 0.4) is 0 Å². The Balaban J connectivity index is 2.59. The standard InChI is InChI=1S/C10H17N3O2/c1-4-5-8(11)10-12-9(13-15-10)6-7(2)14-3/h4,7-8H,1,5-6,11H2,2-3H3. The quantitative estimate of drug-likeness (QED) is 0.716. The van der Waals surface area contributed by atoms with Crippen LogP contribution in [0.25, 0.3) is 0 Å². The van der Waals surface area contributed by atoms with Crippen LogP contribution < -0.4 is 5.73 Å². The lowest BCUT2D eigenvalue weighted by molar-refractivity contribution is 0.116. The van der Waals surface area contributed by atoms with Crippen molar-refractivity contribution in [3.63, 3.8) is 0 Å². The van der Waals surface area contributed by atoms with Crippen molar-refractivity contribution < 1.29 is 9.26 Å². The summed E-state index contributed by atoms with van der Waals surface area (Å²) in [4.78, 5) is 4.19. The Hall–Kier alpha value is -1.20. The number of hydrogen-bond acceptors (Lipinski definition) is 5. The zero-order valence-corrected chi connectivity index (χ0v) is 9.14. The summed E-state index contributed by atoms with van der Waals surface area (Å²) >= 11 is 0. The molecule has 0 aliphatic carbocycles. The smallest absolute Gasteiger partial charge is 0.243 e. The Morgan fingerprint density at radius 1 is 1.67 bits per heavy atom. The average molecular weight is 211 g/mol. The van der Waals surface area contributed by atoms with Gasteiger partial charge in [-0.15, -0.1) is 6.58 Å². The molecule has 1 aromatic rings. The topological polar surface area (TPSA) is 74.2 Å². The van der Waals surface area contributed by atoms with Gasteiger partial charge in [0.05, 0.1) is 12.1 Å². The van der Waals surface area contributed by atoms with E-state index in [1.807, 2.05) is 6.92 Å².